The third-order valence-corrected chi connectivity index (χ3v) is 5.49. The summed E-state index contributed by atoms with van der Waals surface area (Å²) in [5, 5.41) is 11.8. The first-order valence-corrected chi connectivity index (χ1v) is 9.07. The maximum absolute atomic E-state index is 13.0. The summed E-state index contributed by atoms with van der Waals surface area (Å²) < 4.78 is 1.90. The Labute approximate surface area is 150 Å². The van der Waals surface area contributed by atoms with E-state index in [0.29, 0.717) is 23.7 Å². The van der Waals surface area contributed by atoms with Crippen molar-refractivity contribution < 1.29 is 4.79 Å². The molecule has 0 radical (unpaired) electrons. The number of carbonyl (C=O) groups is 1. The molecule has 24 heavy (non-hydrogen) atoms. The van der Waals surface area contributed by atoms with Crippen LogP contribution in [0, 0.1) is 5.92 Å². The topological polar surface area (TPSA) is 63.1 Å². The molecule has 2 heterocycles. The lowest BCUT2D eigenvalue weighted by atomic mass is 9.99. The molecule has 1 aromatic rings. The predicted octanol–water partition coefficient (Wildman–Crippen LogP) is 2.66. The van der Waals surface area contributed by atoms with Crippen molar-refractivity contribution in [1.82, 2.24) is 25.2 Å². The van der Waals surface area contributed by atoms with Gasteiger partial charge in [0, 0.05) is 12.1 Å². The van der Waals surface area contributed by atoms with Gasteiger partial charge in [0.25, 0.3) is 5.91 Å². The van der Waals surface area contributed by atoms with E-state index in [1.165, 1.54) is 0 Å². The smallest absolute Gasteiger partial charge is 0.276 e. The number of nitrogens with one attached hydrogen (secondary N) is 1. The second kappa shape index (κ2) is 8.30. The number of nitrogens with zero attached hydrogens (tertiary/aromatic N) is 4. The molecule has 2 aliphatic rings. The van der Waals surface area contributed by atoms with Crippen LogP contribution in [0.3, 0.4) is 0 Å². The van der Waals surface area contributed by atoms with Crippen molar-refractivity contribution in [2.45, 2.75) is 71.0 Å². The summed E-state index contributed by atoms with van der Waals surface area (Å²) in [6, 6.07) is 1.02. The molecule has 2 fully saturated rings. The maximum Gasteiger partial charge on any atom is 0.276 e. The van der Waals surface area contributed by atoms with E-state index >= 15 is 0 Å². The van der Waals surface area contributed by atoms with Gasteiger partial charge >= 0.3 is 0 Å². The lowest BCUT2D eigenvalue weighted by molar-refractivity contribution is 0.0609. The maximum atomic E-state index is 13.0. The third-order valence-electron chi connectivity index (χ3n) is 5.49. The quantitative estimate of drug-likeness (QED) is 0.852. The number of carbonyl (C=O) groups excluding carboxylic acids is 1. The number of hydrogen-bond acceptors (Lipinski definition) is 4. The monoisotopic (exact) mass is 355 g/mol. The van der Waals surface area contributed by atoms with Crippen LogP contribution in [0.1, 0.15) is 69.4 Å². The summed E-state index contributed by atoms with van der Waals surface area (Å²) >= 11 is 0. The van der Waals surface area contributed by atoms with Gasteiger partial charge in [0.1, 0.15) is 0 Å². The number of halogens is 1. The number of piperidine rings is 1. The van der Waals surface area contributed by atoms with Gasteiger partial charge in [-0.3, -0.25) is 4.79 Å². The fourth-order valence-corrected chi connectivity index (χ4v) is 3.41. The van der Waals surface area contributed by atoms with Crippen LogP contribution in [0.15, 0.2) is 6.20 Å². The van der Waals surface area contributed by atoms with Crippen molar-refractivity contribution in [2.75, 3.05) is 13.1 Å². The van der Waals surface area contributed by atoms with Crippen molar-refractivity contribution in [3.8, 4) is 0 Å². The molecule has 2 atom stereocenters. The fourth-order valence-electron chi connectivity index (χ4n) is 3.41. The Hall–Kier alpha value is -1.14. The molecule has 1 aliphatic heterocycles. The van der Waals surface area contributed by atoms with Crippen LogP contribution in [-0.4, -0.2) is 51.0 Å². The summed E-state index contributed by atoms with van der Waals surface area (Å²) in [4.78, 5) is 15.0. The van der Waals surface area contributed by atoms with Crippen molar-refractivity contribution in [3.63, 3.8) is 0 Å². The van der Waals surface area contributed by atoms with Crippen LogP contribution >= 0.6 is 12.4 Å². The van der Waals surface area contributed by atoms with Crippen LogP contribution in [0.2, 0.25) is 0 Å². The highest BCUT2D eigenvalue weighted by Crippen LogP contribution is 2.32. The van der Waals surface area contributed by atoms with Crippen LogP contribution in [0.5, 0.6) is 0 Å². The summed E-state index contributed by atoms with van der Waals surface area (Å²) in [7, 11) is 0. The van der Waals surface area contributed by atoms with E-state index in [1.807, 2.05) is 10.9 Å². The number of rotatable bonds is 6. The lowest BCUT2D eigenvalue weighted by Crippen LogP contribution is -2.43. The van der Waals surface area contributed by atoms with Gasteiger partial charge in [0.2, 0.25) is 0 Å². The average molecular weight is 356 g/mol. The summed E-state index contributed by atoms with van der Waals surface area (Å²) in [6.07, 6.45) is 7.28. The molecule has 1 amide bonds. The first-order chi connectivity index (χ1) is 11.1. The van der Waals surface area contributed by atoms with Gasteiger partial charge in [0.15, 0.2) is 5.69 Å². The summed E-state index contributed by atoms with van der Waals surface area (Å²) in [6.45, 7) is 8.59. The molecule has 0 bridgehead atoms. The Balaban J connectivity index is 0.00000208. The van der Waals surface area contributed by atoms with E-state index in [1.54, 1.807) is 0 Å². The fraction of sp³-hybridized carbons (Fsp3) is 0.824. The number of amides is 1. The SMILES string of the molecule is CCC(C)C(C)N(C(=O)c1cn(C2CCNCC2)nn1)C1CC1.Cl. The predicted molar refractivity (Wildman–Crippen MR) is 96.5 cm³/mol. The zero-order valence-corrected chi connectivity index (χ0v) is 15.8. The molecular weight excluding hydrogens is 326 g/mol. The first kappa shape index (κ1) is 19.2. The molecule has 1 aromatic heterocycles. The second-order valence-corrected chi connectivity index (χ2v) is 7.13. The highest BCUT2D eigenvalue weighted by atomic mass is 35.5. The standard InChI is InChI=1S/C17H29N5O.ClH/c1-4-12(2)13(3)22(15-5-6-15)17(23)16-11-21(20-19-16)14-7-9-18-10-8-14;/h11-15,18H,4-10H2,1-3H3;1H. The van der Waals surface area contributed by atoms with E-state index in [0.717, 1.165) is 45.2 Å². The molecule has 1 N–H and O–H groups in total. The molecule has 3 rings (SSSR count). The Bertz CT molecular complexity index is 539. The van der Waals surface area contributed by atoms with Crippen LogP contribution in [0.25, 0.3) is 0 Å². The normalized spacial score (nSPS) is 21.0. The Morgan fingerprint density at radius 3 is 2.58 bits per heavy atom. The Morgan fingerprint density at radius 1 is 1.33 bits per heavy atom. The molecule has 1 saturated carbocycles. The molecule has 0 aromatic carbocycles. The lowest BCUT2D eigenvalue weighted by Gasteiger charge is -2.32. The minimum Gasteiger partial charge on any atom is -0.331 e. The van der Waals surface area contributed by atoms with Gasteiger partial charge in [-0.15, -0.1) is 17.5 Å². The zero-order valence-electron chi connectivity index (χ0n) is 14.9. The van der Waals surface area contributed by atoms with Crippen LogP contribution in [0.4, 0.5) is 0 Å². The minimum absolute atomic E-state index is 0. The van der Waals surface area contributed by atoms with Crippen molar-refractivity contribution >= 4 is 18.3 Å². The summed E-state index contributed by atoms with van der Waals surface area (Å²) in [5.74, 6) is 0.555. The Kier molecular flexibility index (Phi) is 6.63. The van der Waals surface area contributed by atoms with E-state index in [-0.39, 0.29) is 24.4 Å². The van der Waals surface area contributed by atoms with Crippen molar-refractivity contribution in [1.29, 1.82) is 0 Å². The molecule has 1 saturated heterocycles. The van der Waals surface area contributed by atoms with Gasteiger partial charge in [-0.1, -0.05) is 25.5 Å². The molecule has 1 aliphatic carbocycles. The van der Waals surface area contributed by atoms with Gasteiger partial charge < -0.3 is 10.2 Å². The molecular formula is C17H30ClN5O. The van der Waals surface area contributed by atoms with E-state index < -0.39 is 0 Å². The van der Waals surface area contributed by atoms with Crippen molar-refractivity contribution in [3.05, 3.63) is 11.9 Å². The van der Waals surface area contributed by atoms with Crippen LogP contribution in [-0.2, 0) is 0 Å². The Morgan fingerprint density at radius 2 is 2.00 bits per heavy atom. The minimum atomic E-state index is 0. The average Bonchev–Trinajstić information content (AvgIpc) is 3.29. The molecule has 6 nitrogen and oxygen atoms in total. The highest BCUT2D eigenvalue weighted by molar-refractivity contribution is 5.92. The second-order valence-electron chi connectivity index (χ2n) is 7.13. The molecule has 136 valence electrons. The number of hydrogen-bond donors (Lipinski definition) is 1. The van der Waals surface area contributed by atoms with Crippen LogP contribution < -0.4 is 5.32 Å². The van der Waals surface area contributed by atoms with E-state index in [9.17, 15) is 4.79 Å². The number of aromatic nitrogens is 3. The van der Waals surface area contributed by atoms with Gasteiger partial charge in [-0.25, -0.2) is 4.68 Å². The van der Waals surface area contributed by atoms with E-state index in [4.69, 9.17) is 0 Å². The van der Waals surface area contributed by atoms with Crippen molar-refractivity contribution in [2.24, 2.45) is 5.92 Å². The summed E-state index contributed by atoms with van der Waals surface area (Å²) in [5.41, 5.74) is 0.505. The highest BCUT2D eigenvalue weighted by Gasteiger charge is 2.38. The first-order valence-electron chi connectivity index (χ1n) is 9.07. The van der Waals surface area contributed by atoms with Gasteiger partial charge in [-0.2, -0.15) is 0 Å². The molecule has 7 heteroatoms. The van der Waals surface area contributed by atoms with Gasteiger partial charge in [0.05, 0.1) is 12.2 Å². The largest absolute Gasteiger partial charge is 0.331 e. The van der Waals surface area contributed by atoms with Gasteiger partial charge in [-0.05, 0) is 51.6 Å². The zero-order chi connectivity index (χ0) is 16.4. The third kappa shape index (κ3) is 4.09. The molecule has 0 spiro atoms. The van der Waals surface area contributed by atoms with E-state index in [2.05, 4.69) is 41.3 Å². The molecule has 2 unspecified atom stereocenters.